The smallest absolute Gasteiger partial charge is 0.225 e. The highest BCUT2D eigenvalue weighted by atomic mass is 16.2. The normalized spacial score (nSPS) is 17.9. The number of amides is 1. The van der Waals surface area contributed by atoms with Gasteiger partial charge in [0.1, 0.15) is 0 Å². The fourth-order valence-electron chi connectivity index (χ4n) is 2.20. The van der Waals surface area contributed by atoms with Crippen molar-refractivity contribution in [3.8, 4) is 0 Å². The third-order valence-corrected chi connectivity index (χ3v) is 3.70. The molecule has 100 valence electrons. The second-order valence-electron chi connectivity index (χ2n) is 6.25. The van der Waals surface area contributed by atoms with Crippen molar-refractivity contribution in [1.82, 2.24) is 4.90 Å². The first-order valence-corrected chi connectivity index (χ1v) is 6.90. The average Bonchev–Trinajstić information content (AvgIpc) is 3.10. The van der Waals surface area contributed by atoms with E-state index in [0.717, 1.165) is 19.5 Å². The molecule has 0 aromatic rings. The number of nitrogens with two attached hydrogens (primary N) is 1. The minimum Gasteiger partial charge on any atom is -0.342 e. The van der Waals surface area contributed by atoms with Gasteiger partial charge in [0.25, 0.3) is 0 Å². The number of rotatable bonds is 7. The topological polar surface area (TPSA) is 46.3 Å². The zero-order valence-electron chi connectivity index (χ0n) is 11.8. The van der Waals surface area contributed by atoms with Crippen LogP contribution in [0, 0.1) is 17.3 Å². The molecule has 1 fully saturated rings. The van der Waals surface area contributed by atoms with Crippen LogP contribution < -0.4 is 5.73 Å². The van der Waals surface area contributed by atoms with E-state index in [1.807, 2.05) is 4.90 Å². The maximum absolute atomic E-state index is 12.4. The minimum atomic E-state index is 0.0219. The van der Waals surface area contributed by atoms with Crippen molar-refractivity contribution in [2.45, 2.75) is 47.0 Å². The van der Waals surface area contributed by atoms with Crippen LogP contribution >= 0.6 is 0 Å². The van der Waals surface area contributed by atoms with Crippen LogP contribution in [0.5, 0.6) is 0 Å². The summed E-state index contributed by atoms with van der Waals surface area (Å²) in [7, 11) is 0. The maximum Gasteiger partial charge on any atom is 0.225 e. The van der Waals surface area contributed by atoms with Crippen LogP contribution in [0.3, 0.4) is 0 Å². The van der Waals surface area contributed by atoms with Gasteiger partial charge >= 0.3 is 0 Å². The average molecular weight is 240 g/mol. The maximum atomic E-state index is 12.4. The molecular weight excluding hydrogens is 212 g/mol. The van der Waals surface area contributed by atoms with Crippen molar-refractivity contribution < 1.29 is 4.79 Å². The summed E-state index contributed by atoms with van der Waals surface area (Å²) >= 11 is 0. The van der Waals surface area contributed by atoms with E-state index in [1.54, 1.807) is 0 Å². The van der Waals surface area contributed by atoms with Crippen molar-refractivity contribution in [3.05, 3.63) is 0 Å². The largest absolute Gasteiger partial charge is 0.342 e. The molecule has 2 N–H and O–H groups in total. The highest BCUT2D eigenvalue weighted by molar-refractivity contribution is 5.79. The molecule has 1 atom stereocenters. The molecule has 0 bridgehead atoms. The van der Waals surface area contributed by atoms with Gasteiger partial charge in [-0.3, -0.25) is 4.79 Å². The third kappa shape index (κ3) is 4.30. The molecule has 1 rings (SSSR count). The zero-order chi connectivity index (χ0) is 13.1. The zero-order valence-corrected chi connectivity index (χ0v) is 11.8. The number of hydrogen-bond donors (Lipinski definition) is 1. The Kier molecular flexibility index (Phi) is 4.99. The van der Waals surface area contributed by atoms with E-state index in [0.29, 0.717) is 18.4 Å². The van der Waals surface area contributed by atoms with E-state index in [4.69, 9.17) is 5.73 Å². The van der Waals surface area contributed by atoms with E-state index in [-0.39, 0.29) is 11.3 Å². The molecule has 3 heteroatoms. The van der Waals surface area contributed by atoms with Gasteiger partial charge in [0.15, 0.2) is 0 Å². The molecule has 1 saturated carbocycles. The van der Waals surface area contributed by atoms with Crippen LogP contribution in [0.15, 0.2) is 0 Å². The van der Waals surface area contributed by atoms with Crippen molar-refractivity contribution >= 4 is 5.91 Å². The second-order valence-corrected chi connectivity index (χ2v) is 6.25. The van der Waals surface area contributed by atoms with Crippen molar-refractivity contribution in [1.29, 1.82) is 0 Å². The van der Waals surface area contributed by atoms with Crippen LogP contribution in [-0.4, -0.2) is 30.4 Å². The van der Waals surface area contributed by atoms with Crippen LogP contribution in [0.25, 0.3) is 0 Å². The molecule has 0 heterocycles. The van der Waals surface area contributed by atoms with Crippen molar-refractivity contribution in [2.24, 2.45) is 23.0 Å². The lowest BCUT2D eigenvalue weighted by Crippen LogP contribution is -2.44. The lowest BCUT2D eigenvalue weighted by atomic mass is 9.92. The predicted octanol–water partition coefficient (Wildman–Crippen LogP) is 2.26. The summed E-state index contributed by atoms with van der Waals surface area (Å²) in [5.74, 6) is 1.17. The van der Waals surface area contributed by atoms with Gasteiger partial charge in [0.2, 0.25) is 5.91 Å². The summed E-state index contributed by atoms with van der Waals surface area (Å²) < 4.78 is 0. The van der Waals surface area contributed by atoms with Gasteiger partial charge in [-0.05, 0) is 37.1 Å². The molecule has 0 aromatic carbocycles. The van der Waals surface area contributed by atoms with Crippen LogP contribution in [0.1, 0.15) is 47.0 Å². The Bertz CT molecular complexity index is 259. The van der Waals surface area contributed by atoms with Crippen LogP contribution in [0.2, 0.25) is 0 Å². The highest BCUT2D eigenvalue weighted by Gasteiger charge is 2.35. The summed E-state index contributed by atoms with van der Waals surface area (Å²) in [6, 6.07) is 0. The highest BCUT2D eigenvalue weighted by Crippen LogP contribution is 2.37. The lowest BCUT2D eigenvalue weighted by molar-refractivity contribution is -0.137. The van der Waals surface area contributed by atoms with Gasteiger partial charge in [-0.1, -0.05) is 27.7 Å². The minimum absolute atomic E-state index is 0.0219. The predicted molar refractivity (Wildman–Crippen MR) is 71.6 cm³/mol. The first-order valence-electron chi connectivity index (χ1n) is 6.90. The SMILES string of the molecule is CCCN(CC(C)(C)CN)C(=O)C(C)C1CC1. The summed E-state index contributed by atoms with van der Waals surface area (Å²) in [5.41, 5.74) is 5.78. The molecule has 0 radical (unpaired) electrons. The van der Waals surface area contributed by atoms with Crippen molar-refractivity contribution in [3.63, 3.8) is 0 Å². The standard InChI is InChI=1S/C14H28N2O/c1-5-8-16(10-14(3,4)9-15)13(17)11(2)12-6-7-12/h11-12H,5-10,15H2,1-4H3. The van der Waals surface area contributed by atoms with Crippen LogP contribution in [0.4, 0.5) is 0 Å². The van der Waals surface area contributed by atoms with Gasteiger partial charge in [0, 0.05) is 19.0 Å². The Balaban J connectivity index is 2.60. The van der Waals surface area contributed by atoms with Crippen LogP contribution in [-0.2, 0) is 4.79 Å². The molecule has 1 aliphatic rings. The van der Waals surface area contributed by atoms with Gasteiger partial charge in [-0.25, -0.2) is 0 Å². The van der Waals surface area contributed by atoms with Gasteiger partial charge in [-0.15, -0.1) is 0 Å². The Morgan fingerprint density at radius 3 is 2.47 bits per heavy atom. The first-order chi connectivity index (χ1) is 7.91. The fraction of sp³-hybridized carbons (Fsp3) is 0.929. The summed E-state index contributed by atoms with van der Waals surface area (Å²) in [6.45, 7) is 10.7. The molecule has 0 saturated heterocycles. The molecule has 0 spiro atoms. The van der Waals surface area contributed by atoms with E-state index < -0.39 is 0 Å². The third-order valence-electron chi connectivity index (χ3n) is 3.70. The number of hydrogen-bond acceptors (Lipinski definition) is 2. The van der Waals surface area contributed by atoms with Gasteiger partial charge in [0.05, 0.1) is 0 Å². The second kappa shape index (κ2) is 5.85. The van der Waals surface area contributed by atoms with Gasteiger partial charge < -0.3 is 10.6 Å². The molecule has 17 heavy (non-hydrogen) atoms. The fourth-order valence-corrected chi connectivity index (χ4v) is 2.20. The molecule has 0 aliphatic heterocycles. The molecular formula is C14H28N2O. The Hall–Kier alpha value is -0.570. The van der Waals surface area contributed by atoms with E-state index in [9.17, 15) is 4.79 Å². The Morgan fingerprint density at radius 1 is 1.47 bits per heavy atom. The monoisotopic (exact) mass is 240 g/mol. The molecule has 1 aliphatic carbocycles. The van der Waals surface area contributed by atoms with Crippen molar-refractivity contribution in [2.75, 3.05) is 19.6 Å². The number of carbonyl (C=O) groups excluding carboxylic acids is 1. The number of carbonyl (C=O) groups is 1. The van der Waals surface area contributed by atoms with E-state index in [1.165, 1.54) is 12.8 Å². The molecule has 1 unspecified atom stereocenters. The molecule has 0 aromatic heterocycles. The van der Waals surface area contributed by atoms with E-state index in [2.05, 4.69) is 27.7 Å². The van der Waals surface area contributed by atoms with E-state index >= 15 is 0 Å². The lowest BCUT2D eigenvalue weighted by Gasteiger charge is -2.33. The quantitative estimate of drug-likeness (QED) is 0.742. The Morgan fingerprint density at radius 2 is 2.06 bits per heavy atom. The summed E-state index contributed by atoms with van der Waals surface area (Å²) in [4.78, 5) is 14.4. The summed E-state index contributed by atoms with van der Waals surface area (Å²) in [6.07, 6.45) is 3.48. The summed E-state index contributed by atoms with van der Waals surface area (Å²) in [5, 5.41) is 0. The molecule has 3 nitrogen and oxygen atoms in total. The first kappa shape index (κ1) is 14.5. The molecule has 1 amide bonds. The Labute approximate surface area is 106 Å². The number of nitrogens with zero attached hydrogens (tertiary/aromatic N) is 1. The van der Waals surface area contributed by atoms with Gasteiger partial charge in [-0.2, -0.15) is 0 Å².